The normalized spacial score (nSPS) is 28.3. The van der Waals surface area contributed by atoms with Crippen molar-refractivity contribution in [3.8, 4) is 0 Å². The summed E-state index contributed by atoms with van der Waals surface area (Å²) in [5.41, 5.74) is -2.09. The first-order chi connectivity index (χ1) is 40.7. The van der Waals surface area contributed by atoms with Gasteiger partial charge < -0.3 is 60.3 Å². The second kappa shape index (κ2) is 26.0. The van der Waals surface area contributed by atoms with E-state index in [1.165, 1.54) is 71.1 Å². The third kappa shape index (κ3) is 12.5. The van der Waals surface area contributed by atoms with E-state index in [0.717, 1.165) is 30.5 Å². The molecule has 2 saturated carbocycles. The lowest BCUT2D eigenvalue weighted by molar-refractivity contribution is -0.346. The van der Waals surface area contributed by atoms with Crippen LogP contribution in [0.5, 0.6) is 0 Å². The summed E-state index contributed by atoms with van der Waals surface area (Å²) in [5.74, 6) is -11.0. The van der Waals surface area contributed by atoms with E-state index in [2.05, 4.69) is 16.0 Å². The zero-order valence-electron chi connectivity index (χ0n) is 48.6. The summed E-state index contributed by atoms with van der Waals surface area (Å²) in [6.45, 7) is 7.06. The van der Waals surface area contributed by atoms with E-state index in [1.807, 2.05) is 0 Å². The summed E-state index contributed by atoms with van der Waals surface area (Å²) in [4.78, 5) is 153. The van der Waals surface area contributed by atoms with Crippen molar-refractivity contribution < 1.29 is 91.4 Å². The SMILES string of the molecule is CNC(=O)CCNC(=O)[C@@H](N)CSC1CC(=O)N(CCC(=O)O[C@@H](C(=O)O[C@H]2C[C@@]3(O)C(OC(=O)c4ccccc4)C4[C@](C)(C(=O)[C@H](OC(C)=O)C(=C2C)C3(C)C)[C@@H](O)C[C@H]2OC[C@@]42OC(C)=O)[C@@H](NC(=O)c2ccccc2)c2ccccc2)C1=O. The average Bonchev–Trinajstić information content (AvgIpc) is 0.730. The number of ether oxygens (including phenoxy) is 6. The number of ketones is 1. The molecule has 0 aromatic heterocycles. The van der Waals surface area contributed by atoms with E-state index in [0.29, 0.717) is 0 Å². The van der Waals surface area contributed by atoms with Crippen LogP contribution in [0.1, 0.15) is 106 Å². The highest BCUT2D eigenvalue weighted by molar-refractivity contribution is 8.00. The molecule has 0 radical (unpaired) electrons. The van der Waals surface area contributed by atoms with E-state index in [-0.39, 0.29) is 65.3 Å². The van der Waals surface area contributed by atoms with E-state index < -0.39 is 167 Å². The van der Waals surface area contributed by atoms with Crippen molar-refractivity contribution in [2.24, 2.45) is 22.5 Å². The number of carbonyl (C=O) groups is 11. The molecule has 25 heteroatoms. The van der Waals surface area contributed by atoms with E-state index >= 15 is 9.59 Å². The van der Waals surface area contributed by atoms with Crippen LogP contribution in [-0.2, 0) is 71.6 Å². The molecule has 8 rings (SSSR count). The molecule has 2 heterocycles. The van der Waals surface area contributed by atoms with Gasteiger partial charge >= 0.3 is 29.8 Å². The number of nitrogens with two attached hydrogens (primary N) is 1. The first kappa shape index (κ1) is 64.2. The summed E-state index contributed by atoms with van der Waals surface area (Å²) in [6.07, 6.45) is -12.5. The number of Topliss-reactive ketones (excluding diaryl/α,β-unsaturated/α-hetero) is 1. The Morgan fingerprint density at radius 3 is 2.07 bits per heavy atom. The van der Waals surface area contributed by atoms with Crippen LogP contribution in [0.15, 0.2) is 102 Å². The zero-order chi connectivity index (χ0) is 62.6. The monoisotopic (exact) mass is 1210 g/mol. The number of thioether (sulfide) groups is 1. The molecule has 2 saturated heterocycles. The summed E-state index contributed by atoms with van der Waals surface area (Å²) < 4.78 is 36.9. The molecule has 24 nitrogen and oxygen atoms in total. The van der Waals surface area contributed by atoms with Crippen LogP contribution in [-0.4, -0.2) is 172 Å². The summed E-state index contributed by atoms with van der Waals surface area (Å²) in [5, 5.41) is 33.2. The van der Waals surface area contributed by atoms with Gasteiger partial charge in [-0.05, 0) is 54.8 Å². The highest BCUT2D eigenvalue weighted by Gasteiger charge is 2.78. The lowest BCUT2D eigenvalue weighted by Gasteiger charge is -2.67. The molecule has 86 heavy (non-hydrogen) atoms. The number of nitrogens with zero attached hydrogens (tertiary/aromatic N) is 1. The molecular formula is C61H71N5O19S. The third-order valence-electron chi connectivity index (χ3n) is 17.2. The minimum atomic E-state index is -2.56. The highest BCUT2D eigenvalue weighted by Crippen LogP contribution is 2.64. The van der Waals surface area contributed by atoms with Crippen molar-refractivity contribution in [3.63, 3.8) is 0 Å². The van der Waals surface area contributed by atoms with Crippen molar-refractivity contribution >= 4 is 76.9 Å². The molecular weight excluding hydrogens is 1140 g/mol. The van der Waals surface area contributed by atoms with Crippen LogP contribution in [0, 0.1) is 16.7 Å². The molecule has 2 aliphatic heterocycles. The van der Waals surface area contributed by atoms with Crippen LogP contribution in [0.25, 0.3) is 0 Å². The summed E-state index contributed by atoms with van der Waals surface area (Å²) in [7, 11) is 1.45. The van der Waals surface area contributed by atoms with Gasteiger partial charge in [0.2, 0.25) is 29.7 Å². The van der Waals surface area contributed by atoms with Crippen molar-refractivity contribution in [1.82, 2.24) is 20.9 Å². The van der Waals surface area contributed by atoms with Crippen LogP contribution in [0.2, 0.25) is 0 Å². The number of hydrogen-bond donors (Lipinski definition) is 6. The van der Waals surface area contributed by atoms with Crippen LogP contribution in [0.4, 0.5) is 0 Å². The molecule has 4 fully saturated rings. The van der Waals surface area contributed by atoms with E-state index in [9.17, 15) is 53.4 Å². The second-order valence-corrected chi connectivity index (χ2v) is 24.0. The fourth-order valence-corrected chi connectivity index (χ4v) is 13.7. The molecule has 3 unspecified atom stereocenters. The lowest BCUT2D eigenvalue weighted by Crippen LogP contribution is -2.82. The first-order valence-electron chi connectivity index (χ1n) is 28.1. The molecule has 13 atom stereocenters. The lowest BCUT2D eigenvalue weighted by atomic mass is 9.44. The maximum Gasteiger partial charge on any atom is 0.350 e. The number of hydrogen-bond acceptors (Lipinski definition) is 21. The number of carbonyl (C=O) groups excluding carboxylic acids is 11. The van der Waals surface area contributed by atoms with Gasteiger partial charge in [0.15, 0.2) is 17.5 Å². The Hall–Kier alpha value is -7.84. The number of aliphatic hydroxyl groups is 2. The van der Waals surface area contributed by atoms with Crippen LogP contribution in [0.3, 0.4) is 0 Å². The van der Waals surface area contributed by atoms with Gasteiger partial charge in [-0.25, -0.2) is 9.59 Å². The minimum Gasteiger partial charge on any atom is -0.455 e. The molecule has 3 aliphatic carbocycles. The number of aliphatic hydroxyl groups excluding tert-OH is 1. The van der Waals surface area contributed by atoms with Gasteiger partial charge in [-0.1, -0.05) is 80.6 Å². The number of imide groups is 1. The Morgan fingerprint density at radius 2 is 1.48 bits per heavy atom. The number of esters is 5. The molecule has 5 aliphatic rings. The van der Waals surface area contributed by atoms with Gasteiger partial charge in [-0.3, -0.25) is 48.1 Å². The zero-order valence-corrected chi connectivity index (χ0v) is 49.4. The molecule has 3 aromatic rings. The van der Waals surface area contributed by atoms with Crippen LogP contribution >= 0.6 is 11.8 Å². The smallest absolute Gasteiger partial charge is 0.350 e. The largest absolute Gasteiger partial charge is 0.455 e. The average molecular weight is 1210 g/mol. The predicted molar refractivity (Wildman–Crippen MR) is 303 cm³/mol. The summed E-state index contributed by atoms with van der Waals surface area (Å²) in [6, 6.07) is 20.7. The van der Waals surface area contributed by atoms with Crippen LogP contribution < -0.4 is 21.7 Å². The summed E-state index contributed by atoms with van der Waals surface area (Å²) >= 11 is 0.954. The fraction of sp³-hybridized carbons (Fsp3) is 0.492. The number of rotatable bonds is 21. The molecule has 2 bridgehead atoms. The Balaban J connectivity index is 1.17. The number of fused-ring (bicyclic) bond motifs is 5. The maximum atomic E-state index is 15.9. The minimum absolute atomic E-state index is 0.00301. The number of amides is 5. The third-order valence-corrected chi connectivity index (χ3v) is 18.5. The fourth-order valence-electron chi connectivity index (χ4n) is 12.6. The Morgan fingerprint density at radius 1 is 0.849 bits per heavy atom. The number of likely N-dealkylation sites (tertiary alicyclic amines) is 1. The van der Waals surface area contributed by atoms with Gasteiger partial charge in [0.25, 0.3) is 5.91 Å². The van der Waals surface area contributed by atoms with Crippen molar-refractivity contribution in [2.75, 3.05) is 32.5 Å². The van der Waals surface area contributed by atoms with Gasteiger partial charge in [-0.15, -0.1) is 11.8 Å². The molecule has 3 aromatic carbocycles. The van der Waals surface area contributed by atoms with Crippen molar-refractivity contribution in [1.29, 1.82) is 0 Å². The van der Waals surface area contributed by atoms with Gasteiger partial charge in [0.05, 0.1) is 47.3 Å². The molecule has 0 spiro atoms. The van der Waals surface area contributed by atoms with Gasteiger partial charge in [0.1, 0.15) is 30.0 Å². The molecule has 7 N–H and O–H groups in total. The molecule has 460 valence electrons. The van der Waals surface area contributed by atoms with Crippen molar-refractivity contribution in [3.05, 3.63) is 119 Å². The van der Waals surface area contributed by atoms with E-state index in [1.54, 1.807) is 54.6 Å². The Bertz CT molecular complexity index is 3180. The molecule has 5 amide bonds. The van der Waals surface area contributed by atoms with Gasteiger partial charge in [0, 0.05) is 76.4 Å². The highest BCUT2D eigenvalue weighted by atomic mass is 32.2. The quantitative estimate of drug-likeness (QED) is 0.0385. The predicted octanol–water partition coefficient (Wildman–Crippen LogP) is 2.12. The van der Waals surface area contributed by atoms with Crippen molar-refractivity contribution in [2.45, 2.75) is 139 Å². The van der Waals surface area contributed by atoms with E-state index in [4.69, 9.17) is 34.2 Å². The number of benzene rings is 3. The van der Waals surface area contributed by atoms with Gasteiger partial charge in [-0.2, -0.15) is 0 Å². The topological polar surface area (TPSA) is 349 Å². The number of nitrogens with one attached hydrogen (secondary N) is 3. The first-order valence-corrected chi connectivity index (χ1v) is 29.2. The maximum absolute atomic E-state index is 15.9. The second-order valence-electron chi connectivity index (χ2n) is 22.8. The standard InChI is InChI=1S/C61H71N5O19S/c1-32-39(29-61(79)52(84-56(77)37-21-15-10-16-22-37)50-59(6,41(69)28-42-60(50,31-80-42)85-34(3)68)51(73)48(81-33(2)67)46(32)58(61,4)5)82-57(78)49(47(35-17-11-8-12-18-35)65-53(74)36-19-13-9-14-20-36)83-45(72)24-26-66-44(71)27-40(55(66)76)86-30-38(62)54(75)64-25-23-43(70)63-7/h8-22,38-42,47-50,52,69,79H,23-31,62H2,1-7H3,(H,63,70)(H,64,75)(H,65,74)/t38-,39-,40?,41-,42+,47-,48+,49+,50?,52?,59+,60-,61+/m0/s1. The Labute approximate surface area is 499 Å². The Kier molecular flexibility index (Phi) is 19.4.